The number of aromatic nitrogens is 3. The van der Waals surface area contributed by atoms with Crippen LogP contribution in [0.15, 0.2) is 6.33 Å². The summed E-state index contributed by atoms with van der Waals surface area (Å²) in [7, 11) is 1.96. The van der Waals surface area contributed by atoms with Crippen LogP contribution in [0.5, 0.6) is 0 Å². The molecule has 80 valence electrons. The molecule has 0 aliphatic rings. The monoisotopic (exact) mass is 198 g/mol. The minimum absolute atomic E-state index is 0.307. The lowest BCUT2D eigenvalue weighted by Gasteiger charge is -2.17. The minimum atomic E-state index is -0.307. The van der Waals surface area contributed by atoms with Crippen molar-refractivity contribution in [3.8, 4) is 0 Å². The van der Waals surface area contributed by atoms with Gasteiger partial charge in [0.25, 0.3) is 0 Å². The highest BCUT2D eigenvalue weighted by atomic mass is 16.3. The van der Waals surface area contributed by atoms with Gasteiger partial charge in [0.15, 0.2) is 0 Å². The summed E-state index contributed by atoms with van der Waals surface area (Å²) < 4.78 is 1.86. The molecule has 0 saturated heterocycles. The summed E-state index contributed by atoms with van der Waals surface area (Å²) >= 11 is 0. The highest BCUT2D eigenvalue weighted by molar-refractivity contribution is 4.83. The van der Waals surface area contributed by atoms with Crippen LogP contribution in [0.4, 0.5) is 0 Å². The number of aliphatic hydroxyl groups excluding tert-OH is 1. The first-order valence-electron chi connectivity index (χ1n) is 4.86. The standard InChI is InChI=1S/C9H18N4O/c1-4-13-9(10-7-11-13)6-12(3)5-8(2)14/h7-8,14H,4-6H2,1-3H3. The maximum atomic E-state index is 9.19. The Balaban J connectivity index is 2.51. The Morgan fingerprint density at radius 1 is 1.64 bits per heavy atom. The average Bonchev–Trinajstić information content (AvgIpc) is 2.50. The van der Waals surface area contributed by atoms with Gasteiger partial charge in [-0.05, 0) is 20.9 Å². The first kappa shape index (κ1) is 11.1. The van der Waals surface area contributed by atoms with Crippen LogP contribution in [0, 0.1) is 0 Å². The smallest absolute Gasteiger partial charge is 0.140 e. The Labute approximate surface area is 84.4 Å². The predicted octanol–water partition coefficient (Wildman–Crippen LogP) is 0.111. The molecule has 0 bridgehead atoms. The number of hydrogen-bond acceptors (Lipinski definition) is 4. The third kappa shape index (κ3) is 3.08. The molecule has 1 aromatic rings. The van der Waals surface area contributed by atoms with Crippen molar-refractivity contribution in [1.82, 2.24) is 19.7 Å². The highest BCUT2D eigenvalue weighted by Crippen LogP contribution is 1.99. The molecule has 0 aliphatic carbocycles. The molecule has 0 amide bonds. The van der Waals surface area contributed by atoms with Crippen molar-refractivity contribution in [1.29, 1.82) is 0 Å². The summed E-state index contributed by atoms with van der Waals surface area (Å²) in [5.41, 5.74) is 0. The first-order valence-corrected chi connectivity index (χ1v) is 4.86. The van der Waals surface area contributed by atoms with Crippen LogP contribution in [-0.4, -0.2) is 44.5 Å². The SMILES string of the molecule is CCn1ncnc1CN(C)CC(C)O. The third-order valence-corrected chi connectivity index (χ3v) is 1.98. The van der Waals surface area contributed by atoms with E-state index in [9.17, 15) is 5.11 Å². The Morgan fingerprint density at radius 3 is 2.93 bits per heavy atom. The van der Waals surface area contributed by atoms with Crippen molar-refractivity contribution in [2.24, 2.45) is 0 Å². The number of hydrogen-bond donors (Lipinski definition) is 1. The lowest BCUT2D eigenvalue weighted by atomic mass is 10.3. The Bertz CT molecular complexity index is 272. The molecular weight excluding hydrogens is 180 g/mol. The Morgan fingerprint density at radius 2 is 2.36 bits per heavy atom. The van der Waals surface area contributed by atoms with Crippen molar-refractivity contribution in [2.75, 3.05) is 13.6 Å². The molecule has 1 atom stereocenters. The molecule has 14 heavy (non-hydrogen) atoms. The van der Waals surface area contributed by atoms with E-state index in [0.29, 0.717) is 6.54 Å². The van der Waals surface area contributed by atoms with E-state index < -0.39 is 0 Å². The molecule has 1 heterocycles. The topological polar surface area (TPSA) is 54.2 Å². The fourth-order valence-corrected chi connectivity index (χ4v) is 1.43. The van der Waals surface area contributed by atoms with E-state index in [4.69, 9.17) is 0 Å². The summed E-state index contributed by atoms with van der Waals surface area (Å²) in [6.07, 6.45) is 1.26. The van der Waals surface area contributed by atoms with Gasteiger partial charge in [-0.15, -0.1) is 0 Å². The molecule has 1 rings (SSSR count). The zero-order valence-electron chi connectivity index (χ0n) is 9.01. The van der Waals surface area contributed by atoms with Crippen molar-refractivity contribution in [3.05, 3.63) is 12.2 Å². The largest absolute Gasteiger partial charge is 0.392 e. The molecule has 0 fully saturated rings. The van der Waals surface area contributed by atoms with Crippen LogP contribution in [0.25, 0.3) is 0 Å². The normalized spacial score (nSPS) is 13.5. The maximum absolute atomic E-state index is 9.19. The molecule has 0 aliphatic heterocycles. The lowest BCUT2D eigenvalue weighted by molar-refractivity contribution is 0.136. The van der Waals surface area contributed by atoms with Crippen molar-refractivity contribution in [2.45, 2.75) is 33.0 Å². The molecule has 0 saturated carbocycles. The van der Waals surface area contributed by atoms with E-state index in [-0.39, 0.29) is 6.10 Å². The molecule has 0 spiro atoms. The van der Waals surface area contributed by atoms with Crippen molar-refractivity contribution < 1.29 is 5.11 Å². The minimum Gasteiger partial charge on any atom is -0.392 e. The molecule has 1 aromatic heterocycles. The molecule has 1 unspecified atom stereocenters. The number of rotatable bonds is 5. The van der Waals surface area contributed by atoms with E-state index in [1.807, 2.05) is 23.6 Å². The number of aliphatic hydroxyl groups is 1. The zero-order valence-corrected chi connectivity index (χ0v) is 9.01. The second-order valence-corrected chi connectivity index (χ2v) is 3.54. The van der Waals surface area contributed by atoms with Crippen LogP contribution >= 0.6 is 0 Å². The molecule has 1 N–H and O–H groups in total. The van der Waals surface area contributed by atoms with Gasteiger partial charge in [0.1, 0.15) is 12.2 Å². The average molecular weight is 198 g/mol. The van der Waals surface area contributed by atoms with Gasteiger partial charge < -0.3 is 5.11 Å². The fraction of sp³-hybridized carbons (Fsp3) is 0.778. The molecule has 5 nitrogen and oxygen atoms in total. The maximum Gasteiger partial charge on any atom is 0.140 e. The second kappa shape index (κ2) is 5.07. The summed E-state index contributed by atoms with van der Waals surface area (Å²) in [4.78, 5) is 6.19. The van der Waals surface area contributed by atoms with Gasteiger partial charge in [0, 0.05) is 13.1 Å². The van der Waals surface area contributed by atoms with Crippen LogP contribution < -0.4 is 0 Å². The van der Waals surface area contributed by atoms with E-state index in [1.165, 1.54) is 0 Å². The summed E-state index contributed by atoms with van der Waals surface area (Å²) in [6, 6.07) is 0. The zero-order chi connectivity index (χ0) is 10.6. The summed E-state index contributed by atoms with van der Waals surface area (Å²) in [5.74, 6) is 0.940. The fourth-order valence-electron chi connectivity index (χ4n) is 1.43. The van der Waals surface area contributed by atoms with E-state index in [2.05, 4.69) is 10.1 Å². The molecule has 0 aromatic carbocycles. The van der Waals surface area contributed by atoms with Gasteiger partial charge in [-0.2, -0.15) is 5.10 Å². The van der Waals surface area contributed by atoms with Gasteiger partial charge in [-0.25, -0.2) is 9.67 Å². The first-order chi connectivity index (χ1) is 6.63. The van der Waals surface area contributed by atoms with Gasteiger partial charge in [0.05, 0.1) is 12.6 Å². The van der Waals surface area contributed by atoms with Crippen LogP contribution in [0.2, 0.25) is 0 Å². The van der Waals surface area contributed by atoms with E-state index in [1.54, 1.807) is 13.3 Å². The number of aryl methyl sites for hydroxylation is 1. The van der Waals surface area contributed by atoms with E-state index in [0.717, 1.165) is 18.9 Å². The quantitative estimate of drug-likeness (QED) is 0.729. The number of nitrogens with zero attached hydrogens (tertiary/aromatic N) is 4. The predicted molar refractivity (Wildman–Crippen MR) is 53.7 cm³/mol. The van der Waals surface area contributed by atoms with Crippen molar-refractivity contribution >= 4 is 0 Å². The highest BCUT2D eigenvalue weighted by Gasteiger charge is 2.08. The van der Waals surface area contributed by atoms with Crippen LogP contribution in [0.3, 0.4) is 0 Å². The van der Waals surface area contributed by atoms with Crippen molar-refractivity contribution in [3.63, 3.8) is 0 Å². The lowest BCUT2D eigenvalue weighted by Crippen LogP contribution is -2.28. The van der Waals surface area contributed by atoms with E-state index >= 15 is 0 Å². The number of likely N-dealkylation sites (N-methyl/N-ethyl adjacent to an activating group) is 1. The molecule has 0 radical (unpaired) electrons. The van der Waals surface area contributed by atoms with Gasteiger partial charge in [0.2, 0.25) is 0 Å². The van der Waals surface area contributed by atoms with Gasteiger partial charge in [-0.1, -0.05) is 0 Å². The third-order valence-electron chi connectivity index (χ3n) is 1.98. The summed E-state index contributed by atoms with van der Waals surface area (Å²) in [5, 5.41) is 13.3. The van der Waals surface area contributed by atoms with Crippen LogP contribution in [-0.2, 0) is 13.1 Å². The van der Waals surface area contributed by atoms with Gasteiger partial charge in [-0.3, -0.25) is 4.90 Å². The molecule has 5 heteroatoms. The van der Waals surface area contributed by atoms with Crippen LogP contribution in [0.1, 0.15) is 19.7 Å². The van der Waals surface area contributed by atoms with Gasteiger partial charge >= 0.3 is 0 Å². The Kier molecular flexibility index (Phi) is 4.03. The molecular formula is C9H18N4O. The Hall–Kier alpha value is -0.940. The second-order valence-electron chi connectivity index (χ2n) is 3.54. The summed E-state index contributed by atoms with van der Waals surface area (Å²) in [6.45, 7) is 6.01.